The maximum absolute atomic E-state index is 12.0. The van der Waals surface area contributed by atoms with Gasteiger partial charge in [0.05, 0.1) is 7.11 Å². The van der Waals surface area contributed by atoms with Crippen molar-refractivity contribution in [1.29, 1.82) is 0 Å². The Bertz CT molecular complexity index is 644. The van der Waals surface area contributed by atoms with Crippen LogP contribution in [0, 0.1) is 10.5 Å². The van der Waals surface area contributed by atoms with Gasteiger partial charge in [-0.05, 0) is 59.3 Å². The molecular weight excluding hydrogens is 379 g/mol. The molecule has 21 heavy (non-hydrogen) atoms. The van der Waals surface area contributed by atoms with E-state index in [-0.39, 0.29) is 6.03 Å². The zero-order chi connectivity index (χ0) is 15.2. The second-order valence-corrected chi connectivity index (χ2v) is 5.82. The number of para-hydroxylation sites is 1. The van der Waals surface area contributed by atoms with Gasteiger partial charge in [0.1, 0.15) is 5.75 Å². The average Bonchev–Trinajstić information content (AvgIpc) is 2.48. The molecule has 2 N–H and O–H groups in total. The van der Waals surface area contributed by atoms with Crippen LogP contribution in [0.5, 0.6) is 5.75 Å². The standard InChI is InChI=1S/C16H17IN2O2/c1-11-9-13(17)7-8-14(11)19-16(20)18-10-12-5-3-4-6-15(12)21-2/h3-9H,10H2,1-2H3,(H2,18,19,20). The lowest BCUT2D eigenvalue weighted by Gasteiger charge is -2.12. The normalized spacial score (nSPS) is 10.0. The van der Waals surface area contributed by atoms with Crippen molar-refractivity contribution in [3.63, 3.8) is 0 Å². The van der Waals surface area contributed by atoms with Gasteiger partial charge < -0.3 is 15.4 Å². The van der Waals surface area contributed by atoms with E-state index in [0.29, 0.717) is 6.54 Å². The molecule has 110 valence electrons. The number of aryl methyl sites for hydroxylation is 1. The first kappa shape index (κ1) is 15.6. The summed E-state index contributed by atoms with van der Waals surface area (Å²) in [7, 11) is 1.62. The van der Waals surface area contributed by atoms with Crippen molar-refractivity contribution in [2.75, 3.05) is 12.4 Å². The summed E-state index contributed by atoms with van der Waals surface area (Å²) in [4.78, 5) is 12.0. The molecular formula is C16H17IN2O2. The maximum atomic E-state index is 12.0. The zero-order valence-electron chi connectivity index (χ0n) is 11.9. The molecule has 0 heterocycles. The molecule has 0 aliphatic rings. The largest absolute Gasteiger partial charge is 0.496 e. The highest BCUT2D eigenvalue weighted by Gasteiger charge is 2.06. The Balaban J connectivity index is 1.96. The summed E-state index contributed by atoms with van der Waals surface area (Å²) >= 11 is 2.25. The number of amides is 2. The van der Waals surface area contributed by atoms with Crippen LogP contribution < -0.4 is 15.4 Å². The number of rotatable bonds is 4. The van der Waals surface area contributed by atoms with Gasteiger partial charge >= 0.3 is 6.03 Å². The third kappa shape index (κ3) is 4.35. The molecule has 0 bridgehead atoms. The van der Waals surface area contributed by atoms with Gasteiger partial charge in [-0.3, -0.25) is 0 Å². The minimum absolute atomic E-state index is 0.231. The number of urea groups is 1. The number of carbonyl (C=O) groups excluding carboxylic acids is 1. The second-order valence-electron chi connectivity index (χ2n) is 4.58. The number of anilines is 1. The number of hydrogen-bond acceptors (Lipinski definition) is 2. The van der Waals surface area contributed by atoms with E-state index in [1.807, 2.05) is 49.4 Å². The van der Waals surface area contributed by atoms with E-state index in [0.717, 1.165) is 26.1 Å². The SMILES string of the molecule is COc1ccccc1CNC(=O)Nc1ccc(I)cc1C. The van der Waals surface area contributed by atoms with E-state index < -0.39 is 0 Å². The molecule has 0 unspecified atom stereocenters. The van der Waals surface area contributed by atoms with Crippen LogP contribution in [0.15, 0.2) is 42.5 Å². The van der Waals surface area contributed by atoms with Crippen molar-refractivity contribution in [2.45, 2.75) is 13.5 Å². The molecule has 5 heteroatoms. The minimum Gasteiger partial charge on any atom is -0.496 e. The van der Waals surface area contributed by atoms with Gasteiger partial charge in [0.25, 0.3) is 0 Å². The van der Waals surface area contributed by atoms with Crippen LogP contribution in [0.4, 0.5) is 10.5 Å². The summed E-state index contributed by atoms with van der Waals surface area (Å²) in [5, 5.41) is 5.68. The fraction of sp³-hybridized carbons (Fsp3) is 0.188. The summed E-state index contributed by atoms with van der Waals surface area (Å²) in [6, 6.07) is 13.3. The molecule has 0 radical (unpaired) electrons. The van der Waals surface area contributed by atoms with Gasteiger partial charge in [-0.1, -0.05) is 18.2 Å². The topological polar surface area (TPSA) is 50.4 Å². The molecule has 0 fully saturated rings. The van der Waals surface area contributed by atoms with Crippen LogP contribution in [-0.2, 0) is 6.54 Å². The summed E-state index contributed by atoms with van der Waals surface area (Å²) in [5.41, 5.74) is 2.79. The summed E-state index contributed by atoms with van der Waals surface area (Å²) < 4.78 is 6.40. The van der Waals surface area contributed by atoms with Gasteiger partial charge in [-0.15, -0.1) is 0 Å². The summed E-state index contributed by atoms with van der Waals surface area (Å²) in [6.07, 6.45) is 0. The third-order valence-corrected chi connectivity index (χ3v) is 3.74. The van der Waals surface area contributed by atoms with Gasteiger partial charge in [0.15, 0.2) is 0 Å². The van der Waals surface area contributed by atoms with E-state index in [4.69, 9.17) is 4.74 Å². The highest BCUT2D eigenvalue weighted by atomic mass is 127. The lowest BCUT2D eigenvalue weighted by molar-refractivity contribution is 0.251. The van der Waals surface area contributed by atoms with Crippen LogP contribution in [0.2, 0.25) is 0 Å². The Morgan fingerprint density at radius 2 is 2.00 bits per heavy atom. The molecule has 0 saturated heterocycles. The monoisotopic (exact) mass is 396 g/mol. The van der Waals surface area contributed by atoms with Gasteiger partial charge in [0, 0.05) is 21.4 Å². The Labute approximate surface area is 138 Å². The predicted molar refractivity (Wildman–Crippen MR) is 92.7 cm³/mol. The molecule has 2 rings (SSSR count). The van der Waals surface area contributed by atoms with Gasteiger partial charge in [-0.2, -0.15) is 0 Å². The van der Waals surface area contributed by atoms with Crippen LogP contribution in [-0.4, -0.2) is 13.1 Å². The van der Waals surface area contributed by atoms with Crippen molar-refractivity contribution in [3.8, 4) is 5.75 Å². The van der Waals surface area contributed by atoms with Gasteiger partial charge in [-0.25, -0.2) is 4.79 Å². The molecule has 0 atom stereocenters. The number of carbonyl (C=O) groups is 1. The molecule has 2 aromatic rings. The Hall–Kier alpha value is -1.76. The van der Waals surface area contributed by atoms with Crippen LogP contribution in [0.1, 0.15) is 11.1 Å². The van der Waals surface area contributed by atoms with E-state index in [1.54, 1.807) is 7.11 Å². The van der Waals surface area contributed by atoms with Crippen molar-refractivity contribution in [3.05, 3.63) is 57.2 Å². The number of ether oxygens (including phenoxy) is 1. The first-order valence-corrected chi connectivity index (χ1v) is 7.61. The average molecular weight is 396 g/mol. The highest BCUT2D eigenvalue weighted by Crippen LogP contribution is 2.18. The fourth-order valence-corrected chi connectivity index (χ4v) is 2.61. The fourth-order valence-electron chi connectivity index (χ4n) is 1.96. The maximum Gasteiger partial charge on any atom is 0.319 e. The van der Waals surface area contributed by atoms with Crippen molar-refractivity contribution in [2.24, 2.45) is 0 Å². The lowest BCUT2D eigenvalue weighted by atomic mass is 10.2. The summed E-state index contributed by atoms with van der Waals surface area (Å²) in [5.74, 6) is 0.767. The molecule has 0 spiro atoms. The number of nitrogens with one attached hydrogen (secondary N) is 2. The first-order valence-electron chi connectivity index (χ1n) is 6.53. The Morgan fingerprint density at radius 3 is 2.71 bits per heavy atom. The molecule has 4 nitrogen and oxygen atoms in total. The van der Waals surface area contributed by atoms with Crippen molar-refractivity contribution < 1.29 is 9.53 Å². The third-order valence-electron chi connectivity index (χ3n) is 3.07. The van der Waals surface area contributed by atoms with Crippen molar-refractivity contribution in [1.82, 2.24) is 5.32 Å². The Morgan fingerprint density at radius 1 is 1.24 bits per heavy atom. The highest BCUT2D eigenvalue weighted by molar-refractivity contribution is 14.1. The molecule has 0 aromatic heterocycles. The zero-order valence-corrected chi connectivity index (χ0v) is 14.1. The minimum atomic E-state index is -0.231. The van der Waals surface area contributed by atoms with Crippen LogP contribution >= 0.6 is 22.6 Å². The number of methoxy groups -OCH3 is 1. The number of hydrogen-bond donors (Lipinski definition) is 2. The molecule has 0 aliphatic heterocycles. The molecule has 2 aromatic carbocycles. The van der Waals surface area contributed by atoms with Crippen LogP contribution in [0.3, 0.4) is 0 Å². The van der Waals surface area contributed by atoms with Crippen molar-refractivity contribution >= 4 is 34.3 Å². The van der Waals surface area contributed by atoms with Gasteiger partial charge in [0.2, 0.25) is 0 Å². The second kappa shape index (κ2) is 7.31. The number of benzene rings is 2. The number of halogens is 1. The smallest absolute Gasteiger partial charge is 0.319 e. The summed E-state index contributed by atoms with van der Waals surface area (Å²) in [6.45, 7) is 2.39. The van der Waals surface area contributed by atoms with E-state index >= 15 is 0 Å². The van der Waals surface area contributed by atoms with Crippen LogP contribution in [0.25, 0.3) is 0 Å². The molecule has 0 saturated carbocycles. The van der Waals surface area contributed by atoms with E-state index in [1.165, 1.54) is 0 Å². The molecule has 2 amide bonds. The predicted octanol–water partition coefficient (Wildman–Crippen LogP) is 3.93. The lowest BCUT2D eigenvalue weighted by Crippen LogP contribution is -2.28. The molecule has 0 aliphatic carbocycles. The Kier molecular flexibility index (Phi) is 5.44. The quantitative estimate of drug-likeness (QED) is 0.770. The first-order chi connectivity index (χ1) is 10.1. The van der Waals surface area contributed by atoms with E-state index in [2.05, 4.69) is 33.2 Å². The van der Waals surface area contributed by atoms with E-state index in [9.17, 15) is 4.79 Å².